The fourth-order valence-electron chi connectivity index (χ4n) is 2.44. The van der Waals surface area contributed by atoms with E-state index in [1.54, 1.807) is 24.7 Å². The second kappa shape index (κ2) is 6.28. The predicted molar refractivity (Wildman–Crippen MR) is 87.9 cm³/mol. The highest BCUT2D eigenvalue weighted by Crippen LogP contribution is 2.27. The van der Waals surface area contributed by atoms with Gasteiger partial charge in [0.25, 0.3) is 10.0 Å². The first-order valence-electron chi connectivity index (χ1n) is 6.81. The summed E-state index contributed by atoms with van der Waals surface area (Å²) in [6.45, 7) is 3.47. The van der Waals surface area contributed by atoms with Crippen LogP contribution in [0.3, 0.4) is 0 Å². The zero-order valence-electron chi connectivity index (χ0n) is 12.5. The molecule has 6 nitrogen and oxygen atoms in total. The molecule has 8 heteroatoms. The monoisotopic (exact) mass is 342 g/mol. The van der Waals surface area contributed by atoms with Crippen LogP contribution in [-0.2, 0) is 23.6 Å². The molecule has 1 N–H and O–H groups in total. The molecule has 0 spiro atoms. The van der Waals surface area contributed by atoms with E-state index in [0.29, 0.717) is 25.5 Å². The molecule has 1 aromatic heterocycles. The predicted octanol–water partition coefficient (Wildman–Crippen LogP) is 1.45. The number of nitrogens with zero attached hydrogens (tertiary/aromatic N) is 3. The summed E-state index contributed by atoms with van der Waals surface area (Å²) in [6, 6.07) is 7.56. The van der Waals surface area contributed by atoms with Crippen molar-refractivity contribution in [2.24, 2.45) is 7.05 Å². The molecule has 0 fully saturated rings. The first-order valence-corrected chi connectivity index (χ1v) is 8.25. The summed E-state index contributed by atoms with van der Waals surface area (Å²) in [4.78, 5) is 4.17. The molecule has 0 unspecified atom stereocenters. The first-order chi connectivity index (χ1) is 10.00. The van der Waals surface area contributed by atoms with Crippen molar-refractivity contribution in [2.45, 2.75) is 18.5 Å². The van der Waals surface area contributed by atoms with Crippen LogP contribution < -0.4 is 9.62 Å². The van der Waals surface area contributed by atoms with Gasteiger partial charge in [0, 0.05) is 32.9 Å². The Kier molecular flexibility index (Phi) is 4.79. The number of fused-ring (bicyclic) bond motifs is 1. The minimum atomic E-state index is -3.64. The standard InChI is InChI=1S/C14H18N4O2S.ClH/c1-11-16-14(10-17(11)2)21(19,20)18-8-7-15-9-12-5-3-4-6-13(12)18;/h3-6,10,15H,7-9H2,1-2H3;1H. The van der Waals surface area contributed by atoms with Crippen molar-refractivity contribution in [2.75, 3.05) is 17.4 Å². The molecule has 22 heavy (non-hydrogen) atoms. The zero-order valence-corrected chi connectivity index (χ0v) is 14.1. The van der Waals surface area contributed by atoms with Gasteiger partial charge in [-0.2, -0.15) is 8.42 Å². The molecule has 0 atom stereocenters. The van der Waals surface area contributed by atoms with E-state index in [0.717, 1.165) is 11.3 Å². The Hall–Kier alpha value is -1.57. The van der Waals surface area contributed by atoms with Crippen molar-refractivity contribution < 1.29 is 8.42 Å². The second-order valence-electron chi connectivity index (χ2n) is 5.12. The summed E-state index contributed by atoms with van der Waals surface area (Å²) in [7, 11) is -1.85. The summed E-state index contributed by atoms with van der Waals surface area (Å²) >= 11 is 0. The molecular weight excluding hydrogens is 324 g/mol. The van der Waals surface area contributed by atoms with E-state index in [-0.39, 0.29) is 17.4 Å². The number of rotatable bonds is 2. The molecule has 2 aromatic rings. The van der Waals surface area contributed by atoms with Crippen LogP contribution in [0.15, 0.2) is 35.5 Å². The van der Waals surface area contributed by atoms with Gasteiger partial charge in [0.15, 0.2) is 5.03 Å². The van der Waals surface area contributed by atoms with E-state index in [2.05, 4.69) is 10.3 Å². The Morgan fingerprint density at radius 1 is 1.27 bits per heavy atom. The lowest BCUT2D eigenvalue weighted by Crippen LogP contribution is -2.35. The van der Waals surface area contributed by atoms with Crippen LogP contribution in [0.1, 0.15) is 11.4 Å². The van der Waals surface area contributed by atoms with Gasteiger partial charge < -0.3 is 9.88 Å². The Labute approximate surface area is 136 Å². The highest BCUT2D eigenvalue weighted by atomic mass is 35.5. The molecule has 2 heterocycles. The summed E-state index contributed by atoms with van der Waals surface area (Å²) in [5.41, 5.74) is 1.71. The van der Waals surface area contributed by atoms with Gasteiger partial charge in [-0.15, -0.1) is 12.4 Å². The molecule has 0 amide bonds. The first kappa shape index (κ1) is 16.8. The summed E-state index contributed by atoms with van der Waals surface area (Å²) in [5.74, 6) is 0.676. The van der Waals surface area contributed by atoms with E-state index in [1.165, 1.54) is 4.31 Å². The SMILES string of the molecule is Cc1nc(S(=O)(=O)N2CCNCc3ccccc32)cn1C.Cl. The maximum absolute atomic E-state index is 12.9. The smallest absolute Gasteiger partial charge is 0.283 e. The molecule has 120 valence electrons. The van der Waals surface area contributed by atoms with E-state index in [4.69, 9.17) is 0 Å². The van der Waals surface area contributed by atoms with Gasteiger partial charge in [-0.1, -0.05) is 18.2 Å². The maximum Gasteiger partial charge on any atom is 0.283 e. The van der Waals surface area contributed by atoms with Gasteiger partial charge >= 0.3 is 0 Å². The molecule has 0 saturated heterocycles. The molecule has 3 rings (SSSR count). The molecule has 0 aliphatic carbocycles. The minimum Gasteiger partial charge on any atom is -0.337 e. The quantitative estimate of drug-likeness (QED) is 0.897. The minimum absolute atomic E-state index is 0. The summed E-state index contributed by atoms with van der Waals surface area (Å²) in [6.07, 6.45) is 1.56. The van der Waals surface area contributed by atoms with E-state index >= 15 is 0 Å². The highest BCUT2D eigenvalue weighted by molar-refractivity contribution is 7.92. The number of para-hydroxylation sites is 1. The topological polar surface area (TPSA) is 67.2 Å². The van der Waals surface area contributed by atoms with Gasteiger partial charge in [0.05, 0.1) is 5.69 Å². The van der Waals surface area contributed by atoms with Crippen molar-refractivity contribution in [3.8, 4) is 0 Å². The van der Waals surface area contributed by atoms with Gasteiger partial charge in [0.1, 0.15) is 5.82 Å². The number of aryl methyl sites for hydroxylation is 2. The van der Waals surface area contributed by atoms with Crippen molar-refractivity contribution in [1.29, 1.82) is 0 Å². The average Bonchev–Trinajstić information content (AvgIpc) is 2.69. The van der Waals surface area contributed by atoms with Crippen LogP contribution in [0.5, 0.6) is 0 Å². The van der Waals surface area contributed by atoms with Crippen LogP contribution in [0.25, 0.3) is 0 Å². The van der Waals surface area contributed by atoms with E-state index < -0.39 is 10.0 Å². The van der Waals surface area contributed by atoms with Crippen molar-refractivity contribution in [1.82, 2.24) is 14.9 Å². The summed E-state index contributed by atoms with van der Waals surface area (Å²) in [5, 5.41) is 3.34. The molecule has 1 aliphatic rings. The normalized spacial score (nSPS) is 14.9. The van der Waals surface area contributed by atoms with Gasteiger partial charge in [-0.05, 0) is 18.6 Å². The number of imidazole rings is 1. The molecule has 0 radical (unpaired) electrons. The average molecular weight is 343 g/mol. The van der Waals surface area contributed by atoms with Crippen molar-refractivity contribution >= 4 is 28.1 Å². The van der Waals surface area contributed by atoms with E-state index in [9.17, 15) is 8.42 Å². The third-order valence-corrected chi connectivity index (χ3v) is 5.39. The molecule has 1 aliphatic heterocycles. The second-order valence-corrected chi connectivity index (χ2v) is 6.93. The highest BCUT2D eigenvalue weighted by Gasteiger charge is 2.30. The maximum atomic E-state index is 12.9. The lowest BCUT2D eigenvalue weighted by atomic mass is 10.2. The fraction of sp³-hybridized carbons (Fsp3) is 0.357. The fourth-order valence-corrected chi connectivity index (χ4v) is 3.97. The number of benzene rings is 1. The lowest BCUT2D eigenvalue weighted by Gasteiger charge is -2.22. The summed E-state index contributed by atoms with van der Waals surface area (Å²) < 4.78 is 28.9. The van der Waals surface area contributed by atoms with Crippen molar-refractivity contribution in [3.63, 3.8) is 0 Å². The number of aromatic nitrogens is 2. The van der Waals surface area contributed by atoms with E-state index in [1.807, 2.05) is 24.3 Å². The van der Waals surface area contributed by atoms with Gasteiger partial charge in [-0.3, -0.25) is 4.31 Å². The van der Waals surface area contributed by atoms with Crippen LogP contribution in [-0.4, -0.2) is 31.1 Å². The van der Waals surface area contributed by atoms with Gasteiger partial charge in [0.2, 0.25) is 0 Å². The molecule has 0 saturated carbocycles. The number of nitrogens with one attached hydrogen (secondary N) is 1. The van der Waals surface area contributed by atoms with Crippen LogP contribution in [0, 0.1) is 6.92 Å². The van der Waals surface area contributed by atoms with Crippen LogP contribution in [0.4, 0.5) is 5.69 Å². The third-order valence-electron chi connectivity index (χ3n) is 3.71. The zero-order chi connectivity index (χ0) is 15.0. The lowest BCUT2D eigenvalue weighted by molar-refractivity contribution is 0.586. The van der Waals surface area contributed by atoms with Crippen LogP contribution >= 0.6 is 12.4 Å². The molecule has 1 aromatic carbocycles. The number of sulfonamides is 1. The Balaban J connectivity index is 0.00000176. The molecular formula is C14H19ClN4O2S. The Bertz CT molecular complexity index is 753. The number of halogens is 1. The van der Waals surface area contributed by atoms with Gasteiger partial charge in [-0.25, -0.2) is 4.98 Å². The number of hydrogen-bond acceptors (Lipinski definition) is 4. The van der Waals surface area contributed by atoms with Crippen molar-refractivity contribution in [3.05, 3.63) is 41.9 Å². The Morgan fingerprint density at radius 2 is 2.00 bits per heavy atom. The van der Waals surface area contributed by atoms with Crippen LogP contribution in [0.2, 0.25) is 0 Å². The largest absolute Gasteiger partial charge is 0.337 e. The number of anilines is 1. The third kappa shape index (κ3) is 2.84. The Morgan fingerprint density at radius 3 is 2.68 bits per heavy atom. The molecule has 0 bridgehead atoms. The number of hydrogen-bond donors (Lipinski definition) is 1.